The zero-order valence-corrected chi connectivity index (χ0v) is 11.7. The van der Waals surface area contributed by atoms with Crippen LogP contribution in [0.3, 0.4) is 0 Å². The molecule has 3 nitrogen and oxygen atoms in total. The van der Waals surface area contributed by atoms with E-state index in [1.807, 2.05) is 0 Å². The summed E-state index contributed by atoms with van der Waals surface area (Å²) >= 11 is 0. The lowest BCUT2D eigenvalue weighted by molar-refractivity contribution is -0.126. The number of carbonyl (C=O) groups is 1. The Bertz CT molecular complexity index is 253. The number of nitrogens with one attached hydrogen (secondary N) is 1. The summed E-state index contributed by atoms with van der Waals surface area (Å²) in [5.41, 5.74) is 5.70. The fourth-order valence-corrected chi connectivity index (χ4v) is 2.75. The predicted molar refractivity (Wildman–Crippen MR) is 71.5 cm³/mol. The maximum Gasteiger partial charge on any atom is 0.224 e. The van der Waals surface area contributed by atoms with Crippen LogP contribution in [0.5, 0.6) is 0 Å². The first-order valence-electron chi connectivity index (χ1n) is 6.96. The molecule has 0 radical (unpaired) electrons. The molecule has 0 aliphatic heterocycles. The topological polar surface area (TPSA) is 55.1 Å². The molecule has 1 aliphatic rings. The number of carbonyl (C=O) groups excluding carboxylic acids is 1. The standard InChI is InChI=1S/C14H28N2O/c1-9(2)7-12(8-15)14(17)16-13-6-5-10(3)11(13)4/h9-13H,5-8,15H2,1-4H3,(H,16,17). The van der Waals surface area contributed by atoms with E-state index < -0.39 is 0 Å². The van der Waals surface area contributed by atoms with Gasteiger partial charge in [0, 0.05) is 12.6 Å². The Morgan fingerprint density at radius 1 is 1.35 bits per heavy atom. The average Bonchev–Trinajstić information content (AvgIpc) is 2.57. The lowest BCUT2D eigenvalue weighted by atomic mass is 9.94. The molecule has 0 aromatic heterocycles. The third-order valence-corrected chi connectivity index (χ3v) is 4.20. The minimum atomic E-state index is -0.0156. The summed E-state index contributed by atoms with van der Waals surface area (Å²) in [5, 5.41) is 3.20. The second-order valence-corrected chi connectivity index (χ2v) is 6.09. The molecular weight excluding hydrogens is 212 g/mol. The lowest BCUT2D eigenvalue weighted by Crippen LogP contribution is -2.43. The van der Waals surface area contributed by atoms with E-state index in [1.165, 1.54) is 6.42 Å². The van der Waals surface area contributed by atoms with Crippen molar-refractivity contribution in [3.8, 4) is 0 Å². The number of hydrogen-bond acceptors (Lipinski definition) is 2. The van der Waals surface area contributed by atoms with Gasteiger partial charge in [-0.3, -0.25) is 4.79 Å². The summed E-state index contributed by atoms with van der Waals surface area (Å²) in [5.74, 6) is 1.98. The van der Waals surface area contributed by atoms with Gasteiger partial charge in [0.25, 0.3) is 0 Å². The van der Waals surface area contributed by atoms with E-state index in [2.05, 4.69) is 33.0 Å². The van der Waals surface area contributed by atoms with Gasteiger partial charge in [-0.2, -0.15) is 0 Å². The largest absolute Gasteiger partial charge is 0.353 e. The summed E-state index contributed by atoms with van der Waals surface area (Å²) in [6.45, 7) is 9.24. The first-order valence-corrected chi connectivity index (χ1v) is 6.96. The fourth-order valence-electron chi connectivity index (χ4n) is 2.75. The van der Waals surface area contributed by atoms with E-state index in [0.717, 1.165) is 18.8 Å². The Morgan fingerprint density at radius 2 is 2.00 bits per heavy atom. The SMILES string of the molecule is CC(C)CC(CN)C(=O)NC1CCC(C)C1C. The Balaban J connectivity index is 2.47. The molecule has 3 heteroatoms. The Morgan fingerprint density at radius 3 is 2.41 bits per heavy atom. The molecule has 3 N–H and O–H groups in total. The highest BCUT2D eigenvalue weighted by molar-refractivity contribution is 5.79. The molecule has 1 fully saturated rings. The van der Waals surface area contributed by atoms with E-state index in [0.29, 0.717) is 24.4 Å². The minimum absolute atomic E-state index is 0.0156. The first kappa shape index (κ1) is 14.5. The minimum Gasteiger partial charge on any atom is -0.353 e. The summed E-state index contributed by atoms with van der Waals surface area (Å²) < 4.78 is 0. The number of amides is 1. The maximum absolute atomic E-state index is 12.1. The van der Waals surface area contributed by atoms with E-state index in [1.54, 1.807) is 0 Å². The maximum atomic E-state index is 12.1. The van der Waals surface area contributed by atoms with Gasteiger partial charge in [0.1, 0.15) is 0 Å². The van der Waals surface area contributed by atoms with Crippen molar-refractivity contribution < 1.29 is 4.79 Å². The molecule has 0 aromatic rings. The monoisotopic (exact) mass is 240 g/mol. The van der Waals surface area contributed by atoms with Gasteiger partial charge in [0.05, 0.1) is 5.92 Å². The zero-order valence-electron chi connectivity index (χ0n) is 11.7. The molecule has 1 amide bonds. The summed E-state index contributed by atoms with van der Waals surface area (Å²) in [4.78, 5) is 12.1. The molecule has 4 unspecified atom stereocenters. The Kier molecular flexibility index (Phi) is 5.44. The van der Waals surface area contributed by atoms with Gasteiger partial charge >= 0.3 is 0 Å². The van der Waals surface area contributed by atoms with E-state index in [9.17, 15) is 4.79 Å². The smallest absolute Gasteiger partial charge is 0.224 e. The molecule has 4 atom stereocenters. The van der Waals surface area contributed by atoms with Crippen LogP contribution in [0, 0.1) is 23.7 Å². The molecule has 0 bridgehead atoms. The van der Waals surface area contributed by atoms with Crippen molar-refractivity contribution in [1.29, 1.82) is 0 Å². The fraction of sp³-hybridized carbons (Fsp3) is 0.929. The zero-order chi connectivity index (χ0) is 13.0. The van der Waals surface area contributed by atoms with Crippen LogP contribution in [0.25, 0.3) is 0 Å². The average molecular weight is 240 g/mol. The van der Waals surface area contributed by atoms with Gasteiger partial charge in [0.15, 0.2) is 0 Å². The third kappa shape index (κ3) is 3.98. The number of hydrogen-bond donors (Lipinski definition) is 2. The molecule has 0 saturated heterocycles. The van der Waals surface area contributed by atoms with Crippen LogP contribution in [0.1, 0.15) is 47.0 Å². The molecule has 1 aliphatic carbocycles. The summed E-state index contributed by atoms with van der Waals surface area (Å²) in [6.07, 6.45) is 3.23. The van der Waals surface area contributed by atoms with Crippen LogP contribution in [-0.4, -0.2) is 18.5 Å². The molecule has 0 heterocycles. The highest BCUT2D eigenvalue weighted by Crippen LogP contribution is 2.31. The lowest BCUT2D eigenvalue weighted by Gasteiger charge is -2.23. The molecule has 0 spiro atoms. The molecule has 1 rings (SSSR count). The van der Waals surface area contributed by atoms with Crippen LogP contribution in [0.4, 0.5) is 0 Å². The van der Waals surface area contributed by atoms with Crippen molar-refractivity contribution in [2.45, 2.75) is 53.0 Å². The van der Waals surface area contributed by atoms with Crippen LogP contribution in [0.2, 0.25) is 0 Å². The van der Waals surface area contributed by atoms with Gasteiger partial charge in [0.2, 0.25) is 5.91 Å². The van der Waals surface area contributed by atoms with Crippen molar-refractivity contribution in [2.24, 2.45) is 29.4 Å². The van der Waals surface area contributed by atoms with E-state index in [-0.39, 0.29) is 11.8 Å². The van der Waals surface area contributed by atoms with Crippen molar-refractivity contribution in [1.82, 2.24) is 5.32 Å². The van der Waals surface area contributed by atoms with Crippen LogP contribution in [0.15, 0.2) is 0 Å². The highest BCUT2D eigenvalue weighted by atomic mass is 16.2. The van der Waals surface area contributed by atoms with Gasteiger partial charge < -0.3 is 11.1 Å². The number of rotatable bonds is 5. The molecule has 0 aromatic carbocycles. The second kappa shape index (κ2) is 6.39. The predicted octanol–water partition coefficient (Wildman–Crippen LogP) is 2.16. The number of nitrogens with two attached hydrogens (primary N) is 1. The highest BCUT2D eigenvalue weighted by Gasteiger charge is 2.32. The van der Waals surface area contributed by atoms with Crippen LogP contribution >= 0.6 is 0 Å². The van der Waals surface area contributed by atoms with Gasteiger partial charge in [-0.15, -0.1) is 0 Å². The van der Waals surface area contributed by atoms with Crippen molar-refractivity contribution in [2.75, 3.05) is 6.54 Å². The Labute approximate surface area is 106 Å². The van der Waals surface area contributed by atoms with Gasteiger partial charge in [-0.1, -0.05) is 27.7 Å². The van der Waals surface area contributed by atoms with Crippen molar-refractivity contribution in [3.05, 3.63) is 0 Å². The summed E-state index contributed by atoms with van der Waals surface area (Å²) in [6, 6.07) is 0.360. The summed E-state index contributed by atoms with van der Waals surface area (Å²) in [7, 11) is 0. The molecular formula is C14H28N2O. The normalized spacial score (nSPS) is 30.6. The first-order chi connectivity index (χ1) is 7.95. The Hall–Kier alpha value is -0.570. The van der Waals surface area contributed by atoms with E-state index in [4.69, 9.17) is 5.73 Å². The quantitative estimate of drug-likeness (QED) is 0.773. The molecule has 1 saturated carbocycles. The van der Waals surface area contributed by atoms with Crippen LogP contribution < -0.4 is 11.1 Å². The van der Waals surface area contributed by atoms with Crippen molar-refractivity contribution in [3.63, 3.8) is 0 Å². The second-order valence-electron chi connectivity index (χ2n) is 6.09. The van der Waals surface area contributed by atoms with Gasteiger partial charge in [-0.25, -0.2) is 0 Å². The van der Waals surface area contributed by atoms with Crippen LogP contribution in [-0.2, 0) is 4.79 Å². The van der Waals surface area contributed by atoms with Gasteiger partial charge in [-0.05, 0) is 37.0 Å². The van der Waals surface area contributed by atoms with E-state index >= 15 is 0 Å². The molecule has 100 valence electrons. The van der Waals surface area contributed by atoms with Crippen molar-refractivity contribution >= 4 is 5.91 Å². The molecule has 17 heavy (non-hydrogen) atoms. The third-order valence-electron chi connectivity index (χ3n) is 4.20.